The Hall–Kier alpha value is -1.63. The van der Waals surface area contributed by atoms with Crippen LogP contribution in [0.1, 0.15) is 239 Å². The summed E-state index contributed by atoms with van der Waals surface area (Å²) in [5, 5.41) is 3.89. The van der Waals surface area contributed by atoms with Gasteiger partial charge in [0, 0.05) is 19.1 Å². The molecule has 0 aliphatic rings. The molecule has 0 radical (unpaired) electrons. The standard InChI is InChI=1S/C46H90N2O5/c1-5-8-11-14-16-25-34-43-52-45(49)37-28-21-17-23-31-40-48(42-33-30-39-47-51-4)41-32-24-18-22-29-38-46(50)53-44(35-26-19-13-10-7-3)36-27-20-15-12-9-6-2/h39,44H,5-38,40-43H2,1-4H3/b47-39+. The lowest BCUT2D eigenvalue weighted by Gasteiger charge is -2.22. The molecular weight excluding hydrogens is 661 g/mol. The summed E-state index contributed by atoms with van der Waals surface area (Å²) < 4.78 is 11.5. The SMILES string of the molecule is CCCCCCCCCOC(=O)CCCCCCCN(CCC/C=N/OC)CCCCCCCC(=O)OC(CCCCCCC)CCCCCCCC. The minimum Gasteiger partial charge on any atom is -0.466 e. The average molecular weight is 751 g/mol. The van der Waals surface area contributed by atoms with E-state index in [9.17, 15) is 9.59 Å². The maximum Gasteiger partial charge on any atom is 0.306 e. The van der Waals surface area contributed by atoms with Gasteiger partial charge in [0.05, 0.1) is 6.61 Å². The normalized spacial score (nSPS) is 12.2. The molecule has 7 heteroatoms. The summed E-state index contributed by atoms with van der Waals surface area (Å²) in [4.78, 5) is 32.2. The Balaban J connectivity index is 4.21. The molecule has 0 spiro atoms. The van der Waals surface area contributed by atoms with Gasteiger partial charge in [-0.25, -0.2) is 0 Å². The molecule has 0 amide bonds. The fourth-order valence-corrected chi connectivity index (χ4v) is 7.09. The Kier molecular flexibility index (Phi) is 41.8. The molecule has 0 rings (SSSR count). The van der Waals surface area contributed by atoms with Crippen molar-refractivity contribution in [2.24, 2.45) is 5.16 Å². The lowest BCUT2D eigenvalue weighted by Crippen LogP contribution is -2.27. The molecule has 0 aliphatic carbocycles. The van der Waals surface area contributed by atoms with Gasteiger partial charge in [0.2, 0.25) is 0 Å². The van der Waals surface area contributed by atoms with Gasteiger partial charge >= 0.3 is 11.9 Å². The molecule has 0 aromatic carbocycles. The molecule has 0 aliphatic heterocycles. The molecule has 0 bridgehead atoms. The topological polar surface area (TPSA) is 77.4 Å². The molecule has 1 unspecified atom stereocenters. The Bertz CT molecular complexity index is 792. The second kappa shape index (κ2) is 43.1. The molecule has 0 aromatic rings. The van der Waals surface area contributed by atoms with E-state index in [1.807, 2.05) is 6.21 Å². The molecule has 314 valence electrons. The molecule has 7 nitrogen and oxygen atoms in total. The van der Waals surface area contributed by atoms with E-state index in [1.165, 1.54) is 148 Å². The van der Waals surface area contributed by atoms with Crippen LogP contribution in [-0.4, -0.2) is 62.5 Å². The number of hydrogen-bond acceptors (Lipinski definition) is 7. The van der Waals surface area contributed by atoms with Crippen LogP contribution in [0, 0.1) is 0 Å². The third-order valence-corrected chi connectivity index (χ3v) is 10.5. The predicted octanol–water partition coefficient (Wildman–Crippen LogP) is 13.7. The van der Waals surface area contributed by atoms with Crippen molar-refractivity contribution < 1.29 is 23.9 Å². The van der Waals surface area contributed by atoms with E-state index < -0.39 is 0 Å². The highest BCUT2D eigenvalue weighted by atomic mass is 16.6. The second-order valence-corrected chi connectivity index (χ2v) is 15.7. The summed E-state index contributed by atoms with van der Waals surface area (Å²) in [5.41, 5.74) is 0. The van der Waals surface area contributed by atoms with Crippen LogP contribution in [0.4, 0.5) is 0 Å². The van der Waals surface area contributed by atoms with Crippen molar-refractivity contribution in [3.63, 3.8) is 0 Å². The van der Waals surface area contributed by atoms with Crippen molar-refractivity contribution in [1.29, 1.82) is 0 Å². The minimum atomic E-state index is -0.0185. The van der Waals surface area contributed by atoms with Crippen LogP contribution in [0.25, 0.3) is 0 Å². The fraction of sp³-hybridized carbons (Fsp3) is 0.935. The van der Waals surface area contributed by atoms with Crippen LogP contribution in [-0.2, 0) is 23.9 Å². The lowest BCUT2D eigenvalue weighted by atomic mass is 10.0. The number of ether oxygens (including phenoxy) is 2. The largest absolute Gasteiger partial charge is 0.466 e. The van der Waals surface area contributed by atoms with Crippen LogP contribution < -0.4 is 0 Å². The Labute approximate surface area is 329 Å². The maximum absolute atomic E-state index is 12.7. The summed E-state index contributed by atoms with van der Waals surface area (Å²) in [6.07, 6.45) is 41.2. The molecule has 0 saturated carbocycles. The quantitative estimate of drug-likeness (QED) is 0.0267. The van der Waals surface area contributed by atoms with Gasteiger partial charge in [-0.3, -0.25) is 9.59 Å². The molecule has 0 N–H and O–H groups in total. The van der Waals surface area contributed by atoms with E-state index in [2.05, 4.69) is 30.8 Å². The van der Waals surface area contributed by atoms with Crippen molar-refractivity contribution in [3.8, 4) is 0 Å². The number of hydrogen-bond donors (Lipinski definition) is 0. The van der Waals surface area contributed by atoms with Crippen molar-refractivity contribution in [2.45, 2.75) is 245 Å². The van der Waals surface area contributed by atoms with E-state index >= 15 is 0 Å². The highest BCUT2D eigenvalue weighted by Crippen LogP contribution is 2.18. The van der Waals surface area contributed by atoms with Crippen LogP contribution in [0.2, 0.25) is 0 Å². The van der Waals surface area contributed by atoms with Crippen molar-refractivity contribution >= 4 is 18.2 Å². The number of oxime groups is 1. The maximum atomic E-state index is 12.7. The molecule has 0 fully saturated rings. The number of carbonyl (C=O) groups excluding carboxylic acids is 2. The first-order chi connectivity index (χ1) is 26.1. The number of rotatable bonds is 43. The summed E-state index contributed by atoms with van der Waals surface area (Å²) in [6, 6.07) is 0. The van der Waals surface area contributed by atoms with E-state index in [4.69, 9.17) is 14.3 Å². The highest BCUT2D eigenvalue weighted by molar-refractivity contribution is 5.69. The molecule has 0 saturated heterocycles. The first kappa shape index (κ1) is 51.4. The van der Waals surface area contributed by atoms with Crippen molar-refractivity contribution in [3.05, 3.63) is 0 Å². The smallest absolute Gasteiger partial charge is 0.306 e. The van der Waals surface area contributed by atoms with Gasteiger partial charge in [0.1, 0.15) is 13.2 Å². The van der Waals surface area contributed by atoms with Crippen LogP contribution in [0.15, 0.2) is 5.16 Å². The number of carbonyl (C=O) groups is 2. The fourth-order valence-electron chi connectivity index (χ4n) is 7.09. The van der Waals surface area contributed by atoms with Gasteiger partial charge in [0.25, 0.3) is 0 Å². The predicted molar refractivity (Wildman–Crippen MR) is 227 cm³/mol. The lowest BCUT2D eigenvalue weighted by molar-refractivity contribution is -0.150. The van der Waals surface area contributed by atoms with Gasteiger partial charge in [-0.2, -0.15) is 0 Å². The number of esters is 2. The zero-order valence-electron chi connectivity index (χ0n) is 36.0. The minimum absolute atomic E-state index is 0.0185. The number of unbranched alkanes of at least 4 members (excludes halogenated alkanes) is 24. The van der Waals surface area contributed by atoms with Crippen molar-refractivity contribution in [1.82, 2.24) is 4.90 Å². The number of nitrogens with zero attached hydrogens (tertiary/aromatic N) is 2. The molecule has 1 atom stereocenters. The zero-order valence-corrected chi connectivity index (χ0v) is 36.0. The summed E-state index contributed by atoms with van der Waals surface area (Å²) in [6.45, 7) is 10.7. The summed E-state index contributed by atoms with van der Waals surface area (Å²) in [5.74, 6) is 0.00602. The van der Waals surface area contributed by atoms with E-state index in [0.717, 1.165) is 77.4 Å². The third kappa shape index (κ3) is 39.9. The Morgan fingerprint density at radius 3 is 1.43 bits per heavy atom. The van der Waals surface area contributed by atoms with Crippen LogP contribution in [0.3, 0.4) is 0 Å². The monoisotopic (exact) mass is 751 g/mol. The highest BCUT2D eigenvalue weighted by Gasteiger charge is 2.14. The second-order valence-electron chi connectivity index (χ2n) is 15.7. The third-order valence-electron chi connectivity index (χ3n) is 10.5. The van der Waals surface area contributed by atoms with Gasteiger partial charge in [-0.15, -0.1) is 0 Å². The first-order valence-corrected chi connectivity index (χ1v) is 23.2. The Morgan fingerprint density at radius 2 is 0.925 bits per heavy atom. The van der Waals surface area contributed by atoms with E-state index in [1.54, 1.807) is 7.11 Å². The van der Waals surface area contributed by atoms with Crippen LogP contribution >= 0.6 is 0 Å². The van der Waals surface area contributed by atoms with Gasteiger partial charge in [-0.1, -0.05) is 161 Å². The van der Waals surface area contributed by atoms with Gasteiger partial charge < -0.3 is 19.2 Å². The zero-order chi connectivity index (χ0) is 38.7. The van der Waals surface area contributed by atoms with Gasteiger partial charge in [-0.05, 0) is 90.3 Å². The average Bonchev–Trinajstić information content (AvgIpc) is 3.15. The van der Waals surface area contributed by atoms with Gasteiger partial charge in [0.15, 0.2) is 0 Å². The first-order valence-electron chi connectivity index (χ1n) is 23.2. The summed E-state index contributed by atoms with van der Waals surface area (Å²) >= 11 is 0. The Morgan fingerprint density at radius 1 is 0.509 bits per heavy atom. The van der Waals surface area contributed by atoms with Crippen LogP contribution in [0.5, 0.6) is 0 Å². The summed E-state index contributed by atoms with van der Waals surface area (Å²) in [7, 11) is 1.59. The van der Waals surface area contributed by atoms with Crippen molar-refractivity contribution in [2.75, 3.05) is 33.4 Å². The molecule has 53 heavy (non-hydrogen) atoms. The molecular formula is C46H90N2O5. The molecule has 0 aromatic heterocycles. The van der Waals surface area contributed by atoms with E-state index in [-0.39, 0.29) is 18.0 Å². The molecule has 0 heterocycles. The van der Waals surface area contributed by atoms with E-state index in [0.29, 0.717) is 19.4 Å².